The van der Waals surface area contributed by atoms with Crippen molar-refractivity contribution in [3.05, 3.63) is 96.6 Å². The molecule has 1 aliphatic rings. The molecule has 0 amide bonds. The molecule has 0 heterocycles. The third-order valence-corrected chi connectivity index (χ3v) is 8.77. The van der Waals surface area contributed by atoms with E-state index >= 15 is 0 Å². The van der Waals surface area contributed by atoms with E-state index in [9.17, 15) is 14.9 Å². The Hall–Kier alpha value is -2.54. The van der Waals surface area contributed by atoms with Gasteiger partial charge in [0.25, 0.3) is 5.69 Å². The van der Waals surface area contributed by atoms with Crippen LogP contribution in [-0.4, -0.2) is 10.7 Å². The molecule has 0 radical (unpaired) electrons. The van der Waals surface area contributed by atoms with Crippen molar-refractivity contribution < 1.29 is 9.72 Å². The maximum Gasteiger partial charge on any atom is 0.273 e. The highest BCUT2D eigenvalue weighted by Gasteiger charge is 2.42. The number of nitrogens with zero attached hydrogens (tertiary/aromatic N) is 1. The zero-order valence-corrected chi connectivity index (χ0v) is 24.8. The average Bonchev–Trinajstić information content (AvgIpc) is 3.17. The minimum Gasteiger partial charge on any atom is -0.294 e. The lowest BCUT2D eigenvalue weighted by Gasteiger charge is -2.33. The average molecular weight is 624 g/mol. The third-order valence-electron chi connectivity index (χ3n) is 8.10. The number of hydrogen-bond donors (Lipinski definition) is 0. The number of nitro benzene ring substituents is 1. The standard InChI is InChI=1S/C33H38INO3/c1-3-5-7-11-19-33(20-12-8-6-4-2)29-21-25(15-17-27(29)28-18-16-26(34)23-30(28)33)32(36)22-24-13-9-10-14-31(24)35(37)38/h9-10,13-18,21,23H,3-8,11-12,19-20,22H2,1-2H3. The molecule has 0 spiro atoms. The smallest absolute Gasteiger partial charge is 0.273 e. The number of hydrogen-bond acceptors (Lipinski definition) is 3. The molecule has 0 unspecified atom stereocenters. The second-order valence-electron chi connectivity index (χ2n) is 10.6. The fourth-order valence-corrected chi connectivity index (χ4v) is 6.62. The van der Waals surface area contributed by atoms with Gasteiger partial charge < -0.3 is 0 Å². The molecule has 0 aromatic heterocycles. The van der Waals surface area contributed by atoms with Crippen molar-refractivity contribution in [2.45, 2.75) is 89.9 Å². The molecule has 3 aromatic carbocycles. The topological polar surface area (TPSA) is 60.2 Å². The number of benzene rings is 3. The summed E-state index contributed by atoms with van der Waals surface area (Å²) in [5.74, 6) is -0.0708. The van der Waals surface area contributed by atoms with E-state index in [1.165, 1.54) is 83.3 Å². The second-order valence-corrected chi connectivity index (χ2v) is 11.9. The van der Waals surface area contributed by atoms with Crippen LogP contribution in [-0.2, 0) is 11.8 Å². The lowest BCUT2D eigenvalue weighted by Crippen LogP contribution is -2.26. The predicted octanol–water partition coefficient (Wildman–Crippen LogP) is 9.83. The first-order valence-corrected chi connectivity index (χ1v) is 15.2. The molecular formula is C33H38INO3. The number of Topliss-reactive ketones (excluding diaryl/α,β-unsaturated/α-hetero) is 1. The normalized spacial score (nSPS) is 13.2. The highest BCUT2D eigenvalue weighted by molar-refractivity contribution is 14.1. The predicted molar refractivity (Wildman–Crippen MR) is 164 cm³/mol. The Morgan fingerprint density at radius 1 is 0.816 bits per heavy atom. The molecule has 38 heavy (non-hydrogen) atoms. The minimum absolute atomic E-state index is 0.00480. The van der Waals surface area contributed by atoms with E-state index in [4.69, 9.17) is 0 Å². The zero-order valence-electron chi connectivity index (χ0n) is 22.6. The van der Waals surface area contributed by atoms with Gasteiger partial charge in [0.05, 0.1) is 4.92 Å². The summed E-state index contributed by atoms with van der Waals surface area (Å²) in [7, 11) is 0. The quantitative estimate of drug-likeness (QED) is 0.0591. The summed E-state index contributed by atoms with van der Waals surface area (Å²) in [6.07, 6.45) is 11.9. The van der Waals surface area contributed by atoms with Gasteiger partial charge in [0.1, 0.15) is 0 Å². The van der Waals surface area contributed by atoms with Crippen molar-refractivity contribution in [2.24, 2.45) is 0 Å². The lowest BCUT2D eigenvalue weighted by atomic mass is 9.70. The molecule has 5 heteroatoms. The van der Waals surface area contributed by atoms with Crippen molar-refractivity contribution in [3.63, 3.8) is 0 Å². The molecule has 4 rings (SSSR count). The Labute approximate surface area is 240 Å². The van der Waals surface area contributed by atoms with Crippen LogP contribution in [0.5, 0.6) is 0 Å². The molecule has 3 aromatic rings. The van der Waals surface area contributed by atoms with Crippen LogP contribution in [0.4, 0.5) is 5.69 Å². The molecule has 4 nitrogen and oxygen atoms in total. The number of rotatable bonds is 14. The molecule has 1 aliphatic carbocycles. The van der Waals surface area contributed by atoms with E-state index in [1.54, 1.807) is 18.2 Å². The van der Waals surface area contributed by atoms with Crippen molar-refractivity contribution in [1.29, 1.82) is 0 Å². The second kappa shape index (κ2) is 13.0. The van der Waals surface area contributed by atoms with Gasteiger partial charge in [-0.3, -0.25) is 14.9 Å². The van der Waals surface area contributed by atoms with Crippen LogP contribution in [0.1, 0.15) is 105 Å². The van der Waals surface area contributed by atoms with Crippen LogP contribution in [0.25, 0.3) is 11.1 Å². The number of carbonyl (C=O) groups excluding carboxylic acids is 1. The Balaban J connectivity index is 1.75. The lowest BCUT2D eigenvalue weighted by molar-refractivity contribution is -0.385. The molecule has 0 fully saturated rings. The van der Waals surface area contributed by atoms with Crippen LogP contribution in [0.2, 0.25) is 0 Å². The Morgan fingerprint density at radius 3 is 2.05 bits per heavy atom. The van der Waals surface area contributed by atoms with Gasteiger partial charge in [-0.2, -0.15) is 0 Å². The van der Waals surface area contributed by atoms with Crippen molar-refractivity contribution in [2.75, 3.05) is 0 Å². The number of halogens is 1. The molecule has 0 aliphatic heterocycles. The number of para-hydroxylation sites is 1. The first-order valence-electron chi connectivity index (χ1n) is 14.1. The fourth-order valence-electron chi connectivity index (χ4n) is 6.13. The van der Waals surface area contributed by atoms with Crippen molar-refractivity contribution in [1.82, 2.24) is 0 Å². The van der Waals surface area contributed by atoms with Gasteiger partial charge in [-0.15, -0.1) is 0 Å². The van der Waals surface area contributed by atoms with Crippen LogP contribution < -0.4 is 0 Å². The molecule has 0 N–H and O–H groups in total. The van der Waals surface area contributed by atoms with E-state index in [2.05, 4.69) is 66.8 Å². The summed E-state index contributed by atoms with van der Waals surface area (Å²) in [4.78, 5) is 24.6. The summed E-state index contributed by atoms with van der Waals surface area (Å²) in [6, 6.07) is 19.5. The van der Waals surface area contributed by atoms with Crippen molar-refractivity contribution in [3.8, 4) is 11.1 Å². The summed E-state index contributed by atoms with van der Waals surface area (Å²) in [5, 5.41) is 11.5. The Bertz CT molecular complexity index is 1290. The highest BCUT2D eigenvalue weighted by Crippen LogP contribution is 2.54. The molecule has 0 saturated carbocycles. The molecular weight excluding hydrogens is 585 g/mol. The highest BCUT2D eigenvalue weighted by atomic mass is 127. The molecule has 0 bridgehead atoms. The van der Waals surface area contributed by atoms with Gasteiger partial charge in [-0.05, 0) is 75.9 Å². The van der Waals surface area contributed by atoms with Crippen LogP contribution in [0, 0.1) is 13.7 Å². The summed E-state index contributed by atoms with van der Waals surface area (Å²) in [5.41, 5.74) is 6.25. The number of unbranched alkanes of at least 4 members (excludes halogenated alkanes) is 6. The van der Waals surface area contributed by atoms with E-state index in [0.717, 1.165) is 12.8 Å². The number of ketones is 1. The summed E-state index contributed by atoms with van der Waals surface area (Å²) in [6.45, 7) is 4.50. The van der Waals surface area contributed by atoms with Gasteiger partial charge >= 0.3 is 0 Å². The van der Waals surface area contributed by atoms with E-state index < -0.39 is 4.92 Å². The van der Waals surface area contributed by atoms with Crippen LogP contribution in [0.15, 0.2) is 60.7 Å². The number of fused-ring (bicyclic) bond motifs is 3. The first-order chi connectivity index (χ1) is 18.4. The Kier molecular flexibility index (Phi) is 9.74. The molecule has 200 valence electrons. The van der Waals surface area contributed by atoms with Gasteiger partial charge in [-0.25, -0.2) is 0 Å². The zero-order chi connectivity index (χ0) is 27.1. The van der Waals surface area contributed by atoms with Gasteiger partial charge in [-0.1, -0.05) is 102 Å². The monoisotopic (exact) mass is 623 g/mol. The van der Waals surface area contributed by atoms with E-state index in [-0.39, 0.29) is 23.3 Å². The minimum atomic E-state index is -0.402. The third kappa shape index (κ3) is 6.03. The number of carbonyl (C=O) groups is 1. The van der Waals surface area contributed by atoms with Gasteiger partial charge in [0.15, 0.2) is 5.78 Å². The van der Waals surface area contributed by atoms with Gasteiger partial charge in [0.2, 0.25) is 0 Å². The summed E-state index contributed by atoms with van der Waals surface area (Å²) < 4.78 is 1.24. The molecule has 0 atom stereocenters. The fraction of sp³-hybridized carbons (Fsp3) is 0.424. The van der Waals surface area contributed by atoms with Crippen LogP contribution in [0.3, 0.4) is 0 Å². The summed E-state index contributed by atoms with van der Waals surface area (Å²) >= 11 is 2.42. The maximum atomic E-state index is 13.5. The van der Waals surface area contributed by atoms with Crippen LogP contribution >= 0.6 is 22.6 Å². The molecule has 0 saturated heterocycles. The largest absolute Gasteiger partial charge is 0.294 e. The maximum absolute atomic E-state index is 13.5. The van der Waals surface area contributed by atoms with E-state index in [1.807, 2.05) is 6.07 Å². The van der Waals surface area contributed by atoms with Gasteiger partial charge in [0, 0.05) is 32.6 Å². The number of nitro groups is 1. The first kappa shape index (κ1) is 28.5. The van der Waals surface area contributed by atoms with E-state index in [0.29, 0.717) is 11.1 Å². The van der Waals surface area contributed by atoms with Crippen molar-refractivity contribution >= 4 is 34.1 Å². The Morgan fingerprint density at radius 2 is 1.42 bits per heavy atom. The SMILES string of the molecule is CCCCCCC1(CCCCCC)c2cc(I)ccc2-c2ccc(C(=O)Cc3ccccc3[N+](=O)[O-])cc21.